The summed E-state index contributed by atoms with van der Waals surface area (Å²) in [5.74, 6) is 0.950. The van der Waals surface area contributed by atoms with E-state index < -0.39 is 0 Å². The highest BCUT2D eigenvalue weighted by Gasteiger charge is 2.24. The molecule has 1 fully saturated rings. The first-order valence-electron chi connectivity index (χ1n) is 6.78. The minimum atomic E-state index is 0.0990. The molecule has 1 amide bonds. The second-order valence-electron chi connectivity index (χ2n) is 5.62. The summed E-state index contributed by atoms with van der Waals surface area (Å²) < 4.78 is 0. The number of likely N-dealkylation sites (tertiary alicyclic amines) is 1. The van der Waals surface area contributed by atoms with Gasteiger partial charge in [0.15, 0.2) is 0 Å². The van der Waals surface area contributed by atoms with Crippen molar-refractivity contribution in [3.63, 3.8) is 0 Å². The lowest BCUT2D eigenvalue weighted by molar-refractivity contribution is -0.134. The second-order valence-corrected chi connectivity index (χ2v) is 5.62. The Bertz CT molecular complexity index is 259. The van der Waals surface area contributed by atoms with Gasteiger partial charge in [-0.1, -0.05) is 20.8 Å². The van der Waals surface area contributed by atoms with Crippen molar-refractivity contribution in [1.82, 2.24) is 4.90 Å². The van der Waals surface area contributed by atoms with Crippen LogP contribution in [0, 0.1) is 17.8 Å². The number of hydrogen-bond acceptors (Lipinski definition) is 2. The van der Waals surface area contributed by atoms with Crippen molar-refractivity contribution in [3.8, 4) is 0 Å². The molecule has 1 aliphatic rings. The van der Waals surface area contributed by atoms with Crippen LogP contribution < -0.4 is 0 Å². The normalized spacial score (nSPS) is 21.0. The molecule has 0 N–H and O–H groups in total. The van der Waals surface area contributed by atoms with Crippen LogP contribution in [-0.2, 0) is 9.59 Å². The van der Waals surface area contributed by atoms with Crippen LogP contribution >= 0.6 is 0 Å². The van der Waals surface area contributed by atoms with Crippen molar-refractivity contribution in [1.29, 1.82) is 0 Å². The molecule has 0 aromatic carbocycles. The number of carbonyl (C=O) groups excluding carboxylic acids is 2. The van der Waals surface area contributed by atoms with E-state index >= 15 is 0 Å². The maximum atomic E-state index is 12.1. The zero-order valence-corrected chi connectivity index (χ0v) is 11.3. The van der Waals surface area contributed by atoms with Crippen molar-refractivity contribution in [2.24, 2.45) is 17.8 Å². The van der Waals surface area contributed by atoms with Gasteiger partial charge in [-0.15, -0.1) is 0 Å². The van der Waals surface area contributed by atoms with Crippen LogP contribution in [0.15, 0.2) is 0 Å². The summed E-state index contributed by atoms with van der Waals surface area (Å²) in [7, 11) is 0. The first-order valence-corrected chi connectivity index (χ1v) is 6.78. The molecule has 0 aromatic heterocycles. The summed E-state index contributed by atoms with van der Waals surface area (Å²) in [6.07, 6.45) is 5.09. The van der Waals surface area contributed by atoms with Crippen molar-refractivity contribution >= 4 is 12.2 Å². The van der Waals surface area contributed by atoms with E-state index in [1.807, 2.05) is 18.7 Å². The average Bonchev–Trinajstić information content (AvgIpc) is 2.80. The molecule has 17 heavy (non-hydrogen) atoms. The molecular weight excluding hydrogens is 214 g/mol. The zero-order valence-electron chi connectivity index (χ0n) is 11.3. The third kappa shape index (κ3) is 4.49. The van der Waals surface area contributed by atoms with Crippen LogP contribution in [0.3, 0.4) is 0 Å². The molecule has 0 saturated carbocycles. The molecule has 0 aromatic rings. The van der Waals surface area contributed by atoms with E-state index in [4.69, 9.17) is 0 Å². The lowest BCUT2D eigenvalue weighted by Crippen LogP contribution is -2.33. The third-order valence-electron chi connectivity index (χ3n) is 3.60. The lowest BCUT2D eigenvalue weighted by atomic mass is 9.89. The summed E-state index contributed by atoms with van der Waals surface area (Å²) in [5.41, 5.74) is 0. The molecule has 3 nitrogen and oxygen atoms in total. The number of aldehydes is 1. The summed E-state index contributed by atoms with van der Waals surface area (Å²) >= 11 is 0. The van der Waals surface area contributed by atoms with E-state index in [2.05, 4.69) is 6.92 Å². The largest absolute Gasteiger partial charge is 0.342 e. The minimum absolute atomic E-state index is 0.0990. The molecule has 3 heteroatoms. The molecule has 1 saturated heterocycles. The average molecular weight is 239 g/mol. The fourth-order valence-corrected chi connectivity index (χ4v) is 2.74. The Balaban J connectivity index is 2.34. The molecule has 1 aliphatic heterocycles. The minimum Gasteiger partial charge on any atom is -0.342 e. The van der Waals surface area contributed by atoms with Gasteiger partial charge in [0, 0.05) is 24.9 Å². The van der Waals surface area contributed by atoms with E-state index in [0.29, 0.717) is 11.8 Å². The fraction of sp³-hybridized carbons (Fsp3) is 0.857. The number of rotatable bonds is 6. The predicted octanol–water partition coefficient (Wildman–Crippen LogP) is 2.50. The molecule has 1 rings (SSSR count). The van der Waals surface area contributed by atoms with Crippen LogP contribution in [0.25, 0.3) is 0 Å². The highest BCUT2D eigenvalue weighted by Crippen LogP contribution is 2.21. The molecule has 0 radical (unpaired) electrons. The predicted molar refractivity (Wildman–Crippen MR) is 68.6 cm³/mol. The summed E-state index contributed by atoms with van der Waals surface area (Å²) in [5, 5.41) is 0. The first kappa shape index (κ1) is 14.2. The second kappa shape index (κ2) is 6.77. The van der Waals surface area contributed by atoms with Crippen molar-refractivity contribution in [3.05, 3.63) is 0 Å². The molecule has 0 bridgehead atoms. The zero-order chi connectivity index (χ0) is 12.8. The topological polar surface area (TPSA) is 37.4 Å². The molecule has 0 aliphatic carbocycles. The number of nitrogens with zero attached hydrogens (tertiary/aromatic N) is 1. The maximum Gasteiger partial charge on any atom is 0.225 e. The van der Waals surface area contributed by atoms with E-state index in [9.17, 15) is 9.59 Å². The van der Waals surface area contributed by atoms with Crippen molar-refractivity contribution < 1.29 is 9.59 Å². The molecule has 98 valence electrons. The summed E-state index contributed by atoms with van der Waals surface area (Å²) in [6.45, 7) is 7.96. The van der Waals surface area contributed by atoms with E-state index in [1.54, 1.807) is 0 Å². The number of carbonyl (C=O) groups is 2. The lowest BCUT2D eigenvalue weighted by Gasteiger charge is -2.23. The van der Waals surface area contributed by atoms with Crippen LogP contribution in [0.2, 0.25) is 0 Å². The monoisotopic (exact) mass is 239 g/mol. The number of amides is 1. The van der Waals surface area contributed by atoms with Crippen LogP contribution in [0.5, 0.6) is 0 Å². The Morgan fingerprint density at radius 3 is 2.29 bits per heavy atom. The highest BCUT2D eigenvalue weighted by molar-refractivity contribution is 5.78. The van der Waals surface area contributed by atoms with Crippen LogP contribution in [0.4, 0.5) is 0 Å². The highest BCUT2D eigenvalue weighted by atomic mass is 16.2. The Labute approximate surface area is 105 Å². The summed E-state index contributed by atoms with van der Waals surface area (Å²) in [6, 6.07) is 0. The molecule has 0 spiro atoms. The van der Waals surface area contributed by atoms with Gasteiger partial charge in [-0.3, -0.25) is 4.79 Å². The van der Waals surface area contributed by atoms with Gasteiger partial charge in [0.25, 0.3) is 0 Å². The third-order valence-corrected chi connectivity index (χ3v) is 3.60. The van der Waals surface area contributed by atoms with E-state index in [1.165, 1.54) is 0 Å². The van der Waals surface area contributed by atoms with E-state index in [0.717, 1.165) is 45.1 Å². The van der Waals surface area contributed by atoms with Crippen LogP contribution in [-0.4, -0.2) is 30.2 Å². The Hall–Kier alpha value is -0.860. The molecule has 3 atom stereocenters. The number of hydrogen-bond donors (Lipinski definition) is 0. The van der Waals surface area contributed by atoms with Crippen molar-refractivity contribution in [2.75, 3.05) is 13.1 Å². The molecule has 3 unspecified atom stereocenters. The smallest absolute Gasteiger partial charge is 0.225 e. The maximum absolute atomic E-state index is 12.1. The summed E-state index contributed by atoms with van der Waals surface area (Å²) in [4.78, 5) is 24.7. The Morgan fingerprint density at radius 1 is 1.18 bits per heavy atom. The van der Waals surface area contributed by atoms with Crippen molar-refractivity contribution in [2.45, 2.75) is 46.5 Å². The van der Waals surface area contributed by atoms with E-state index in [-0.39, 0.29) is 11.8 Å². The van der Waals surface area contributed by atoms with Gasteiger partial charge in [-0.2, -0.15) is 0 Å². The Kier molecular flexibility index (Phi) is 5.66. The molecular formula is C14H25NO2. The van der Waals surface area contributed by atoms with Gasteiger partial charge < -0.3 is 9.69 Å². The van der Waals surface area contributed by atoms with Gasteiger partial charge in [-0.25, -0.2) is 0 Å². The van der Waals surface area contributed by atoms with Gasteiger partial charge in [0.2, 0.25) is 5.91 Å². The quantitative estimate of drug-likeness (QED) is 0.668. The SMILES string of the molecule is CC(C=O)CC(C)CC(C)C(=O)N1CCCC1. The van der Waals surface area contributed by atoms with Crippen LogP contribution in [0.1, 0.15) is 46.5 Å². The van der Waals surface area contributed by atoms with Gasteiger partial charge in [0.05, 0.1) is 0 Å². The van der Waals surface area contributed by atoms with Gasteiger partial charge in [-0.05, 0) is 31.6 Å². The van der Waals surface area contributed by atoms with Gasteiger partial charge in [0.1, 0.15) is 6.29 Å². The first-order chi connectivity index (χ1) is 8.04. The standard InChI is InChI=1S/C14H25NO2/c1-11(8-12(2)10-16)9-13(3)14(17)15-6-4-5-7-15/h10-13H,4-9H2,1-3H3. The molecule has 1 heterocycles. The Morgan fingerprint density at radius 2 is 1.76 bits per heavy atom. The van der Waals surface area contributed by atoms with Gasteiger partial charge >= 0.3 is 0 Å². The fourth-order valence-electron chi connectivity index (χ4n) is 2.74.